The van der Waals surface area contributed by atoms with Crippen molar-refractivity contribution in [2.45, 2.75) is 46.0 Å². The molecule has 70 heavy (non-hydrogen) atoms. The molecular formula is C47H53Cl2N13O7S. The van der Waals surface area contributed by atoms with Crippen molar-refractivity contribution in [3.63, 3.8) is 0 Å². The smallest absolute Gasteiger partial charge is 0.248 e. The number of amides is 3. The van der Waals surface area contributed by atoms with E-state index in [-0.39, 0.29) is 55.0 Å². The first-order chi connectivity index (χ1) is 34.0. The summed E-state index contributed by atoms with van der Waals surface area (Å²) < 4.78 is 26.1. The maximum atomic E-state index is 13.7. The highest BCUT2D eigenvalue weighted by atomic mass is 35.5. The second-order valence-corrected chi connectivity index (χ2v) is 17.3. The first kappa shape index (κ1) is 51.0. The van der Waals surface area contributed by atoms with Crippen LogP contribution in [-0.4, -0.2) is 116 Å². The summed E-state index contributed by atoms with van der Waals surface area (Å²) >= 11 is 14.1. The van der Waals surface area contributed by atoms with E-state index in [4.69, 9.17) is 47.9 Å². The fourth-order valence-electron chi connectivity index (χ4n) is 7.40. The molecule has 5 aromatic heterocycles. The van der Waals surface area contributed by atoms with Crippen LogP contribution in [0.25, 0.3) is 11.2 Å². The van der Waals surface area contributed by atoms with Crippen molar-refractivity contribution in [1.29, 1.82) is 0 Å². The third kappa shape index (κ3) is 13.4. The van der Waals surface area contributed by atoms with Crippen molar-refractivity contribution in [1.82, 2.24) is 50.1 Å². The van der Waals surface area contributed by atoms with Crippen LogP contribution in [0.4, 0.5) is 17.5 Å². The van der Waals surface area contributed by atoms with Gasteiger partial charge in [0.25, 0.3) is 0 Å². The number of anilines is 3. The van der Waals surface area contributed by atoms with Gasteiger partial charge < -0.3 is 45.2 Å². The zero-order valence-corrected chi connectivity index (χ0v) is 41.1. The standard InChI is InChI=1S/C47H53Cl2N13O7S/c1-30-24-54-36(31(2)43(30)66-3)26-60-29-55-41-44(56-47(50)57-45(41)60)52-16-18-68-20-19-67-17-15-51-39(63)27-61-25-33(58-59-61)28-69-37-12-11-34(22-35(37)49)62(40(64)23-48)42(38-10-7-21-70-38)46(65)53-14-13-32-8-5-4-6-9-32/h4-12,21-22,24-25,29,42H,13-20,23,26-28H2,1-3H3,(H,51,63)(H,53,65)(H3,50,52,56,57). The van der Waals surface area contributed by atoms with Crippen LogP contribution < -0.4 is 36.1 Å². The summed E-state index contributed by atoms with van der Waals surface area (Å²) in [4.78, 5) is 59.6. The van der Waals surface area contributed by atoms with Crippen molar-refractivity contribution in [2.24, 2.45) is 0 Å². The number of thiophene rings is 1. The lowest BCUT2D eigenvalue weighted by Gasteiger charge is -2.30. The van der Waals surface area contributed by atoms with E-state index in [0.717, 1.165) is 28.1 Å². The molecule has 368 valence electrons. The Morgan fingerprint density at radius 2 is 1.74 bits per heavy atom. The third-order valence-electron chi connectivity index (χ3n) is 10.7. The summed E-state index contributed by atoms with van der Waals surface area (Å²) in [5, 5.41) is 19.2. The number of aromatic nitrogens is 8. The van der Waals surface area contributed by atoms with Crippen LogP contribution in [0.3, 0.4) is 0 Å². The molecule has 7 aromatic rings. The molecule has 5 N–H and O–H groups in total. The highest BCUT2D eigenvalue weighted by Crippen LogP contribution is 2.36. The molecule has 0 fully saturated rings. The maximum Gasteiger partial charge on any atom is 0.248 e. The van der Waals surface area contributed by atoms with Crippen LogP contribution in [0.2, 0.25) is 5.02 Å². The van der Waals surface area contributed by atoms with Gasteiger partial charge in [-0.25, -0.2) is 9.67 Å². The number of nitrogens with zero attached hydrogens (tertiary/aromatic N) is 9. The van der Waals surface area contributed by atoms with Crippen LogP contribution in [0.1, 0.15) is 39.0 Å². The van der Waals surface area contributed by atoms with Crippen LogP contribution in [0, 0.1) is 13.8 Å². The first-order valence-electron chi connectivity index (χ1n) is 22.2. The van der Waals surface area contributed by atoms with Crippen molar-refractivity contribution < 1.29 is 33.3 Å². The van der Waals surface area contributed by atoms with Gasteiger partial charge in [-0.1, -0.05) is 53.2 Å². The van der Waals surface area contributed by atoms with E-state index in [9.17, 15) is 14.4 Å². The summed E-state index contributed by atoms with van der Waals surface area (Å²) in [5.41, 5.74) is 11.8. The quantitative estimate of drug-likeness (QED) is 0.0398. The molecule has 0 bridgehead atoms. The lowest BCUT2D eigenvalue weighted by molar-refractivity contribution is -0.125. The molecule has 0 saturated carbocycles. The highest BCUT2D eigenvalue weighted by Gasteiger charge is 2.33. The molecule has 0 spiro atoms. The van der Waals surface area contributed by atoms with E-state index in [1.807, 2.05) is 60.2 Å². The number of imidazole rings is 1. The lowest BCUT2D eigenvalue weighted by atomic mass is 10.1. The maximum absolute atomic E-state index is 13.7. The fourth-order valence-corrected chi connectivity index (χ4v) is 8.58. The second kappa shape index (κ2) is 25.1. The van der Waals surface area contributed by atoms with Gasteiger partial charge in [0, 0.05) is 47.5 Å². The van der Waals surface area contributed by atoms with Crippen LogP contribution in [0.5, 0.6) is 11.5 Å². The minimum absolute atomic E-state index is 0.00735. The van der Waals surface area contributed by atoms with Crippen LogP contribution in [0.15, 0.2) is 84.8 Å². The number of aryl methyl sites for hydroxylation is 1. The topological polar surface area (TPSA) is 241 Å². The molecule has 0 aliphatic heterocycles. The van der Waals surface area contributed by atoms with Gasteiger partial charge in [0.05, 0.1) is 63.3 Å². The number of nitrogens with one attached hydrogen (secondary N) is 3. The fraction of sp³-hybridized carbons (Fsp3) is 0.340. The van der Waals surface area contributed by atoms with E-state index >= 15 is 0 Å². The molecular weight excluding hydrogens is 962 g/mol. The number of benzene rings is 2. The Balaban J connectivity index is 0.799. The Morgan fingerprint density at radius 1 is 0.943 bits per heavy atom. The number of halogens is 2. The number of carbonyl (C=O) groups excluding carboxylic acids is 3. The monoisotopic (exact) mass is 1010 g/mol. The largest absolute Gasteiger partial charge is 0.496 e. The molecule has 3 amide bonds. The number of ether oxygens (including phenoxy) is 4. The Kier molecular flexibility index (Phi) is 18.3. The second-order valence-electron chi connectivity index (χ2n) is 15.7. The first-order valence-corrected chi connectivity index (χ1v) is 24.0. The Hall–Kier alpha value is -6.91. The molecule has 0 aliphatic carbocycles. The lowest BCUT2D eigenvalue weighted by Crippen LogP contribution is -2.44. The number of pyridine rings is 1. The zero-order chi connectivity index (χ0) is 49.4. The van der Waals surface area contributed by atoms with Gasteiger partial charge in [-0.05, 0) is 55.5 Å². The van der Waals surface area contributed by atoms with Crippen molar-refractivity contribution >= 4 is 80.9 Å². The van der Waals surface area contributed by atoms with E-state index < -0.39 is 11.9 Å². The van der Waals surface area contributed by atoms with Crippen molar-refractivity contribution in [2.75, 3.05) is 75.0 Å². The molecule has 0 radical (unpaired) electrons. The molecule has 1 unspecified atom stereocenters. The number of rotatable bonds is 26. The molecule has 20 nitrogen and oxygen atoms in total. The van der Waals surface area contributed by atoms with Gasteiger partial charge in [-0.2, -0.15) is 9.97 Å². The summed E-state index contributed by atoms with van der Waals surface area (Å²) in [7, 11) is 1.64. The predicted molar refractivity (Wildman–Crippen MR) is 266 cm³/mol. The summed E-state index contributed by atoms with van der Waals surface area (Å²) in [6.07, 6.45) is 5.68. The molecule has 2 aromatic carbocycles. The third-order valence-corrected chi connectivity index (χ3v) is 12.2. The van der Waals surface area contributed by atoms with E-state index in [0.29, 0.717) is 84.9 Å². The number of nitrogens with two attached hydrogens (primary N) is 1. The van der Waals surface area contributed by atoms with Gasteiger partial charge in [0.1, 0.15) is 42.3 Å². The van der Waals surface area contributed by atoms with Gasteiger partial charge in [0.15, 0.2) is 17.0 Å². The average Bonchev–Trinajstić information content (AvgIpc) is 4.15. The molecule has 1 atom stereocenters. The highest BCUT2D eigenvalue weighted by molar-refractivity contribution is 7.10. The van der Waals surface area contributed by atoms with Crippen LogP contribution >= 0.6 is 34.5 Å². The summed E-state index contributed by atoms with van der Waals surface area (Å²) in [5.74, 6) is 0.229. The molecule has 0 saturated heterocycles. The van der Waals surface area contributed by atoms with Crippen molar-refractivity contribution in [3.8, 4) is 11.5 Å². The van der Waals surface area contributed by atoms with Gasteiger partial charge in [-0.15, -0.1) is 28.0 Å². The van der Waals surface area contributed by atoms with Crippen LogP contribution in [-0.2, 0) is 50.0 Å². The molecule has 0 aliphatic rings. The molecule has 7 rings (SSSR count). The summed E-state index contributed by atoms with van der Waals surface area (Å²) in [6, 6.07) is 17.2. The van der Waals surface area contributed by atoms with Gasteiger partial charge >= 0.3 is 0 Å². The minimum atomic E-state index is -0.987. The Bertz CT molecular complexity index is 2850. The van der Waals surface area contributed by atoms with Gasteiger partial charge in [-0.3, -0.25) is 24.3 Å². The van der Waals surface area contributed by atoms with E-state index in [2.05, 4.69) is 46.2 Å². The zero-order valence-electron chi connectivity index (χ0n) is 38.8. The Morgan fingerprint density at radius 3 is 2.49 bits per heavy atom. The number of hydrogen-bond donors (Lipinski definition) is 4. The molecule has 5 heterocycles. The summed E-state index contributed by atoms with van der Waals surface area (Å²) in [6.45, 7) is 6.69. The minimum Gasteiger partial charge on any atom is -0.496 e. The number of methoxy groups -OCH3 is 1. The number of hydrogen-bond acceptors (Lipinski definition) is 16. The van der Waals surface area contributed by atoms with Gasteiger partial charge in [0.2, 0.25) is 23.7 Å². The number of fused-ring (bicyclic) bond motifs is 1. The average molecular weight is 1010 g/mol. The number of carbonyl (C=O) groups is 3. The number of alkyl halides is 1. The van der Waals surface area contributed by atoms with E-state index in [1.165, 1.54) is 20.9 Å². The SMILES string of the molecule is COc1c(C)cnc(Cn2cnc3c(NCCOCCOCCNC(=O)Cn4cc(COc5ccc(N(C(=O)CCl)C(C(=O)NCCc6ccccc6)c6cccs6)cc5Cl)nn4)nc(N)nc32)c1C. The molecule has 23 heteroatoms. The predicted octanol–water partition coefficient (Wildman–Crippen LogP) is 5.30. The Labute approximate surface area is 417 Å². The van der Waals surface area contributed by atoms with Crippen molar-refractivity contribution in [3.05, 3.63) is 123 Å². The normalized spacial score (nSPS) is 11.6. The van der Waals surface area contributed by atoms with E-state index in [1.54, 1.807) is 50.1 Å². The number of nitrogen functional groups attached to an aromatic ring is 1.